The number of nitrogens with two attached hydrogens (primary N) is 1. The van der Waals surface area contributed by atoms with Gasteiger partial charge in [-0.1, -0.05) is 12.1 Å². The third-order valence-electron chi connectivity index (χ3n) is 1.95. The van der Waals surface area contributed by atoms with Gasteiger partial charge in [0.05, 0.1) is 12.7 Å². The summed E-state index contributed by atoms with van der Waals surface area (Å²) in [6.07, 6.45) is 1.87. The second kappa shape index (κ2) is 4.15. The molecule has 0 unspecified atom stereocenters. The van der Waals surface area contributed by atoms with Gasteiger partial charge in [0, 0.05) is 5.39 Å². The molecule has 1 aromatic carbocycles. The number of benzene rings is 1. The largest absolute Gasteiger partial charge is 0.464 e. The van der Waals surface area contributed by atoms with Crippen LogP contribution in [-0.2, 0) is 11.2 Å². The van der Waals surface area contributed by atoms with Gasteiger partial charge in [-0.25, -0.2) is 0 Å². The molecule has 2 N–H and O–H groups in total. The first-order valence-electron chi connectivity index (χ1n) is 4.01. The Hall–Kier alpha value is -1.48. The molecule has 0 aliphatic rings. The summed E-state index contributed by atoms with van der Waals surface area (Å²) in [5.41, 5.74) is 6.82. The van der Waals surface area contributed by atoms with Gasteiger partial charge in [-0.05, 0) is 17.7 Å². The smallest absolute Gasteiger partial charge is 0.221 e. The summed E-state index contributed by atoms with van der Waals surface area (Å²) >= 11 is 0. The van der Waals surface area contributed by atoms with Crippen molar-refractivity contribution in [3.05, 3.63) is 36.1 Å². The fraction of sp³-hybridized carbons (Fsp3) is 0.100. The third-order valence-corrected chi connectivity index (χ3v) is 1.95. The molecule has 2 rings (SSSR count). The molecule has 1 aromatic heterocycles. The van der Waals surface area contributed by atoms with Crippen LogP contribution >= 0.6 is 12.4 Å². The highest BCUT2D eigenvalue weighted by Crippen LogP contribution is 2.19. The van der Waals surface area contributed by atoms with Crippen molar-refractivity contribution < 1.29 is 9.21 Å². The van der Waals surface area contributed by atoms with E-state index in [1.165, 1.54) is 0 Å². The van der Waals surface area contributed by atoms with Gasteiger partial charge >= 0.3 is 0 Å². The number of primary amides is 1. The Labute approximate surface area is 87.3 Å². The number of furan rings is 1. The van der Waals surface area contributed by atoms with E-state index in [9.17, 15) is 4.79 Å². The minimum absolute atomic E-state index is 0. The number of hydrogen-bond donors (Lipinski definition) is 1. The topological polar surface area (TPSA) is 56.2 Å². The van der Waals surface area contributed by atoms with Gasteiger partial charge in [0.15, 0.2) is 0 Å². The summed E-state index contributed by atoms with van der Waals surface area (Å²) < 4.78 is 5.19. The fourth-order valence-corrected chi connectivity index (χ4v) is 1.40. The standard InChI is InChI=1S/C10H9NO2.ClH/c11-10(12)6-7-2-1-3-9-8(7)4-5-13-9;/h1-5H,6H2,(H2,11,12);1H. The zero-order valence-corrected chi connectivity index (χ0v) is 8.21. The Kier molecular flexibility index (Phi) is 3.14. The minimum atomic E-state index is -0.325. The zero-order valence-electron chi connectivity index (χ0n) is 7.40. The first-order valence-corrected chi connectivity index (χ1v) is 4.01. The molecular weight excluding hydrogens is 202 g/mol. The van der Waals surface area contributed by atoms with Gasteiger partial charge in [0.25, 0.3) is 0 Å². The van der Waals surface area contributed by atoms with Crippen LogP contribution in [0.1, 0.15) is 5.56 Å². The van der Waals surface area contributed by atoms with Crippen molar-refractivity contribution in [1.82, 2.24) is 0 Å². The van der Waals surface area contributed by atoms with Crippen molar-refractivity contribution in [2.24, 2.45) is 5.73 Å². The Morgan fingerprint density at radius 3 is 2.86 bits per heavy atom. The molecule has 0 spiro atoms. The van der Waals surface area contributed by atoms with Crippen molar-refractivity contribution in [2.75, 3.05) is 0 Å². The van der Waals surface area contributed by atoms with E-state index in [1.807, 2.05) is 24.3 Å². The van der Waals surface area contributed by atoms with E-state index >= 15 is 0 Å². The van der Waals surface area contributed by atoms with Crippen LogP contribution in [0.15, 0.2) is 34.9 Å². The molecular formula is C10H10ClNO2. The minimum Gasteiger partial charge on any atom is -0.464 e. The molecule has 0 saturated carbocycles. The van der Waals surface area contributed by atoms with Crippen molar-refractivity contribution in [3.63, 3.8) is 0 Å². The Balaban J connectivity index is 0.000000980. The quantitative estimate of drug-likeness (QED) is 0.825. The summed E-state index contributed by atoms with van der Waals surface area (Å²) in [4.78, 5) is 10.7. The molecule has 0 aliphatic carbocycles. The lowest BCUT2D eigenvalue weighted by molar-refractivity contribution is -0.117. The molecule has 0 radical (unpaired) electrons. The number of rotatable bonds is 2. The lowest BCUT2D eigenvalue weighted by Gasteiger charge is -1.97. The second-order valence-electron chi connectivity index (χ2n) is 2.89. The molecule has 2 aromatic rings. The maximum atomic E-state index is 10.7. The first kappa shape index (κ1) is 10.6. The lowest BCUT2D eigenvalue weighted by atomic mass is 10.1. The van der Waals surface area contributed by atoms with Crippen LogP contribution in [0.5, 0.6) is 0 Å². The van der Waals surface area contributed by atoms with E-state index in [-0.39, 0.29) is 24.7 Å². The van der Waals surface area contributed by atoms with Crippen LogP contribution in [0.25, 0.3) is 11.0 Å². The predicted molar refractivity (Wildman–Crippen MR) is 56.4 cm³/mol. The van der Waals surface area contributed by atoms with Gasteiger partial charge in [0.2, 0.25) is 5.91 Å². The Morgan fingerprint density at radius 1 is 1.36 bits per heavy atom. The fourth-order valence-electron chi connectivity index (χ4n) is 1.40. The van der Waals surface area contributed by atoms with E-state index in [4.69, 9.17) is 10.2 Å². The van der Waals surface area contributed by atoms with Gasteiger partial charge < -0.3 is 10.2 Å². The summed E-state index contributed by atoms with van der Waals surface area (Å²) in [5.74, 6) is -0.325. The lowest BCUT2D eigenvalue weighted by Crippen LogP contribution is -2.13. The first-order chi connectivity index (χ1) is 6.27. The molecule has 1 heterocycles. The molecule has 0 aliphatic heterocycles. The molecule has 0 atom stereocenters. The van der Waals surface area contributed by atoms with Crippen LogP contribution in [0.2, 0.25) is 0 Å². The molecule has 14 heavy (non-hydrogen) atoms. The summed E-state index contributed by atoms with van der Waals surface area (Å²) in [5, 5.41) is 0.960. The van der Waals surface area contributed by atoms with Crippen LogP contribution < -0.4 is 5.73 Å². The van der Waals surface area contributed by atoms with E-state index in [0.717, 1.165) is 16.5 Å². The molecule has 4 heteroatoms. The highest BCUT2D eigenvalue weighted by molar-refractivity contribution is 5.86. The van der Waals surface area contributed by atoms with E-state index in [1.54, 1.807) is 6.26 Å². The van der Waals surface area contributed by atoms with Crippen molar-refractivity contribution in [1.29, 1.82) is 0 Å². The SMILES string of the molecule is Cl.NC(=O)Cc1cccc2occc12. The van der Waals surface area contributed by atoms with E-state index in [0.29, 0.717) is 0 Å². The Morgan fingerprint density at radius 2 is 2.14 bits per heavy atom. The van der Waals surface area contributed by atoms with Crippen molar-refractivity contribution in [2.45, 2.75) is 6.42 Å². The van der Waals surface area contributed by atoms with E-state index in [2.05, 4.69) is 0 Å². The van der Waals surface area contributed by atoms with Crippen LogP contribution in [0.4, 0.5) is 0 Å². The summed E-state index contributed by atoms with van der Waals surface area (Å²) in [6, 6.07) is 7.43. The monoisotopic (exact) mass is 211 g/mol. The molecule has 3 nitrogen and oxygen atoms in total. The van der Waals surface area contributed by atoms with Crippen LogP contribution in [0, 0.1) is 0 Å². The summed E-state index contributed by atoms with van der Waals surface area (Å²) in [6.45, 7) is 0. The highest BCUT2D eigenvalue weighted by Gasteiger charge is 2.04. The van der Waals surface area contributed by atoms with Crippen LogP contribution in [-0.4, -0.2) is 5.91 Å². The average Bonchev–Trinajstić information content (AvgIpc) is 2.51. The number of amides is 1. The number of hydrogen-bond acceptors (Lipinski definition) is 2. The maximum Gasteiger partial charge on any atom is 0.221 e. The summed E-state index contributed by atoms with van der Waals surface area (Å²) in [7, 11) is 0. The maximum absolute atomic E-state index is 10.7. The second-order valence-corrected chi connectivity index (χ2v) is 2.89. The molecule has 0 fully saturated rings. The Bertz CT molecular complexity index is 450. The predicted octanol–water partition coefficient (Wildman–Crippen LogP) is 1.88. The molecule has 0 bridgehead atoms. The van der Waals surface area contributed by atoms with E-state index < -0.39 is 0 Å². The zero-order chi connectivity index (χ0) is 9.26. The average molecular weight is 212 g/mol. The molecule has 74 valence electrons. The van der Waals surface area contributed by atoms with Gasteiger partial charge in [-0.2, -0.15) is 0 Å². The number of fused-ring (bicyclic) bond motifs is 1. The third kappa shape index (κ3) is 1.88. The van der Waals surface area contributed by atoms with Gasteiger partial charge in [-0.15, -0.1) is 12.4 Å². The molecule has 0 saturated heterocycles. The molecule has 1 amide bonds. The number of halogens is 1. The van der Waals surface area contributed by atoms with Crippen molar-refractivity contribution >= 4 is 29.3 Å². The normalized spacial score (nSPS) is 9.71. The number of carbonyl (C=O) groups is 1. The van der Waals surface area contributed by atoms with Gasteiger partial charge in [0.1, 0.15) is 5.58 Å². The number of carbonyl (C=O) groups excluding carboxylic acids is 1. The van der Waals surface area contributed by atoms with Crippen molar-refractivity contribution in [3.8, 4) is 0 Å². The highest BCUT2D eigenvalue weighted by atomic mass is 35.5. The van der Waals surface area contributed by atoms with Gasteiger partial charge in [-0.3, -0.25) is 4.79 Å². The van der Waals surface area contributed by atoms with Crippen LogP contribution in [0.3, 0.4) is 0 Å².